The summed E-state index contributed by atoms with van der Waals surface area (Å²) in [4.78, 5) is 14.4. The first kappa shape index (κ1) is 13.6. The predicted octanol–water partition coefficient (Wildman–Crippen LogP) is 2.48. The Balaban J connectivity index is 1.73. The Kier molecular flexibility index (Phi) is 4.81. The lowest BCUT2D eigenvalue weighted by Crippen LogP contribution is -2.47. The number of carbonyl (C=O) groups is 1. The van der Waals surface area contributed by atoms with E-state index in [1.54, 1.807) is 0 Å². The number of amides is 1. The molecule has 2 rings (SSSR count). The summed E-state index contributed by atoms with van der Waals surface area (Å²) >= 11 is 0. The molecule has 0 aromatic carbocycles. The molecule has 0 unspecified atom stereocenters. The van der Waals surface area contributed by atoms with Crippen LogP contribution in [0.4, 0.5) is 0 Å². The molecular weight excluding hydrogens is 224 g/mol. The van der Waals surface area contributed by atoms with Crippen molar-refractivity contribution in [1.82, 2.24) is 10.2 Å². The van der Waals surface area contributed by atoms with Crippen LogP contribution in [0.15, 0.2) is 12.2 Å². The van der Waals surface area contributed by atoms with Crippen molar-refractivity contribution in [3.8, 4) is 0 Å². The third-order valence-electron chi connectivity index (χ3n) is 3.94. The predicted molar refractivity (Wildman–Crippen MR) is 74.4 cm³/mol. The van der Waals surface area contributed by atoms with Gasteiger partial charge in [-0.1, -0.05) is 25.5 Å². The zero-order chi connectivity index (χ0) is 12.8. The van der Waals surface area contributed by atoms with Gasteiger partial charge in [0.1, 0.15) is 0 Å². The smallest absolute Gasteiger partial charge is 0.224 e. The highest BCUT2D eigenvalue weighted by atomic mass is 16.1. The highest BCUT2D eigenvalue weighted by Gasteiger charge is 2.44. The third-order valence-corrected chi connectivity index (χ3v) is 3.94. The maximum Gasteiger partial charge on any atom is 0.224 e. The van der Waals surface area contributed by atoms with Crippen LogP contribution in [0.5, 0.6) is 0 Å². The summed E-state index contributed by atoms with van der Waals surface area (Å²) in [5.74, 6) is 0.189. The van der Waals surface area contributed by atoms with Gasteiger partial charge in [-0.25, -0.2) is 0 Å². The Labute approximate surface area is 111 Å². The molecule has 0 spiro atoms. The molecule has 102 valence electrons. The fourth-order valence-electron chi connectivity index (χ4n) is 2.72. The zero-order valence-electron chi connectivity index (χ0n) is 11.6. The maximum atomic E-state index is 11.8. The molecule has 0 radical (unpaired) electrons. The highest BCUT2D eigenvalue weighted by molar-refractivity contribution is 5.78. The van der Waals surface area contributed by atoms with Crippen LogP contribution in [0, 0.1) is 0 Å². The van der Waals surface area contributed by atoms with E-state index in [-0.39, 0.29) is 11.4 Å². The van der Waals surface area contributed by atoms with E-state index in [1.807, 2.05) is 6.08 Å². The average Bonchev–Trinajstić information content (AvgIpc) is 3.10. The van der Waals surface area contributed by atoms with Crippen LogP contribution in [-0.4, -0.2) is 36.0 Å². The first-order valence-corrected chi connectivity index (χ1v) is 7.42. The maximum absolute atomic E-state index is 11.8. The minimum Gasteiger partial charge on any atom is -0.349 e. The van der Waals surface area contributed by atoms with E-state index in [0.717, 1.165) is 25.8 Å². The zero-order valence-corrected chi connectivity index (χ0v) is 11.6. The topological polar surface area (TPSA) is 32.3 Å². The molecule has 1 aliphatic heterocycles. The average molecular weight is 250 g/mol. The number of nitrogens with zero attached hydrogens (tertiary/aromatic N) is 1. The van der Waals surface area contributed by atoms with Gasteiger partial charge in [0.15, 0.2) is 0 Å². The Bertz CT molecular complexity index is 302. The molecule has 3 nitrogen and oxygen atoms in total. The summed E-state index contributed by atoms with van der Waals surface area (Å²) in [6.07, 6.45) is 11.9. The molecular formula is C15H26N2O. The van der Waals surface area contributed by atoms with Crippen LogP contribution < -0.4 is 5.32 Å². The van der Waals surface area contributed by atoms with Crippen LogP contribution in [0.3, 0.4) is 0 Å². The number of carbonyl (C=O) groups excluding carboxylic acids is 1. The third kappa shape index (κ3) is 4.13. The summed E-state index contributed by atoms with van der Waals surface area (Å²) in [5.41, 5.74) is 0.120. The van der Waals surface area contributed by atoms with E-state index >= 15 is 0 Å². The van der Waals surface area contributed by atoms with Crippen LogP contribution in [0.2, 0.25) is 0 Å². The lowest BCUT2D eigenvalue weighted by atomic mass is 10.1. The number of nitrogens with one attached hydrogen (secondary N) is 1. The van der Waals surface area contributed by atoms with Gasteiger partial charge in [0, 0.05) is 13.0 Å². The monoisotopic (exact) mass is 250 g/mol. The summed E-state index contributed by atoms with van der Waals surface area (Å²) in [6.45, 7) is 5.59. The van der Waals surface area contributed by atoms with Crippen molar-refractivity contribution in [1.29, 1.82) is 0 Å². The first-order chi connectivity index (χ1) is 8.74. The minimum atomic E-state index is 0.120. The second-order valence-corrected chi connectivity index (χ2v) is 5.75. The Hall–Kier alpha value is -0.830. The fourth-order valence-corrected chi connectivity index (χ4v) is 2.72. The number of piperidine rings is 1. The second-order valence-electron chi connectivity index (χ2n) is 5.75. The molecule has 1 heterocycles. The number of hydrogen-bond acceptors (Lipinski definition) is 2. The fraction of sp³-hybridized carbons (Fsp3) is 0.800. The molecule has 1 amide bonds. The van der Waals surface area contributed by atoms with Crippen molar-refractivity contribution in [3.63, 3.8) is 0 Å². The highest BCUT2D eigenvalue weighted by Crippen LogP contribution is 2.36. The van der Waals surface area contributed by atoms with E-state index < -0.39 is 0 Å². The molecule has 0 bridgehead atoms. The van der Waals surface area contributed by atoms with Crippen LogP contribution in [-0.2, 0) is 4.79 Å². The van der Waals surface area contributed by atoms with Crippen LogP contribution in [0.25, 0.3) is 0 Å². The lowest BCUT2D eigenvalue weighted by molar-refractivity contribution is -0.121. The second kappa shape index (κ2) is 6.37. The van der Waals surface area contributed by atoms with Gasteiger partial charge < -0.3 is 10.2 Å². The molecule has 1 aliphatic carbocycles. The van der Waals surface area contributed by atoms with Crippen molar-refractivity contribution in [2.24, 2.45) is 0 Å². The van der Waals surface area contributed by atoms with Gasteiger partial charge in [0.05, 0.1) is 5.54 Å². The van der Waals surface area contributed by atoms with Gasteiger partial charge in [-0.2, -0.15) is 0 Å². The van der Waals surface area contributed by atoms with Crippen molar-refractivity contribution < 1.29 is 4.79 Å². The number of hydrogen-bond donors (Lipinski definition) is 1. The lowest BCUT2D eigenvalue weighted by Gasteiger charge is -2.31. The van der Waals surface area contributed by atoms with Crippen LogP contribution in [0.1, 0.15) is 51.9 Å². The normalized spacial score (nSPS) is 23.2. The first-order valence-electron chi connectivity index (χ1n) is 7.42. The number of rotatable bonds is 6. The summed E-state index contributed by atoms with van der Waals surface area (Å²) in [5, 5.41) is 3.24. The Morgan fingerprint density at radius 1 is 1.22 bits per heavy atom. The van der Waals surface area contributed by atoms with Crippen LogP contribution >= 0.6 is 0 Å². The molecule has 3 heteroatoms. The van der Waals surface area contributed by atoms with Gasteiger partial charge >= 0.3 is 0 Å². The molecule has 0 atom stereocenters. The van der Waals surface area contributed by atoms with Gasteiger partial charge in [0.2, 0.25) is 5.91 Å². The molecule has 0 aromatic rings. The standard InChI is InChI=1S/C15H26N2O/c1-2-3-5-8-14(18)16-15(9-10-15)13-17-11-6-4-7-12-17/h3,5H,2,4,6-13H2,1H3,(H,16,18). The van der Waals surface area contributed by atoms with Crippen molar-refractivity contribution in [2.45, 2.75) is 57.4 Å². The van der Waals surface area contributed by atoms with Crippen molar-refractivity contribution in [2.75, 3.05) is 19.6 Å². The van der Waals surface area contributed by atoms with E-state index in [1.165, 1.54) is 32.4 Å². The molecule has 1 saturated carbocycles. The van der Waals surface area contributed by atoms with E-state index in [9.17, 15) is 4.79 Å². The minimum absolute atomic E-state index is 0.120. The number of likely N-dealkylation sites (tertiary alicyclic amines) is 1. The van der Waals surface area contributed by atoms with E-state index in [0.29, 0.717) is 6.42 Å². The molecule has 1 saturated heterocycles. The summed E-state index contributed by atoms with van der Waals surface area (Å²) in [6, 6.07) is 0. The van der Waals surface area contributed by atoms with Gasteiger partial charge in [-0.05, 0) is 45.2 Å². The van der Waals surface area contributed by atoms with Gasteiger partial charge in [-0.15, -0.1) is 0 Å². The molecule has 2 aliphatic rings. The SMILES string of the molecule is CCC=CCC(=O)NC1(CN2CCCCC2)CC1. The summed E-state index contributed by atoms with van der Waals surface area (Å²) in [7, 11) is 0. The van der Waals surface area contributed by atoms with Gasteiger partial charge in [-0.3, -0.25) is 4.79 Å². The van der Waals surface area contributed by atoms with E-state index in [4.69, 9.17) is 0 Å². The molecule has 1 N–H and O–H groups in total. The number of allylic oxidation sites excluding steroid dienone is 1. The molecule has 0 aromatic heterocycles. The largest absolute Gasteiger partial charge is 0.349 e. The quantitative estimate of drug-likeness (QED) is 0.735. The Morgan fingerprint density at radius 2 is 1.94 bits per heavy atom. The van der Waals surface area contributed by atoms with Crippen molar-refractivity contribution >= 4 is 5.91 Å². The Morgan fingerprint density at radius 3 is 2.56 bits per heavy atom. The molecule has 2 fully saturated rings. The summed E-state index contributed by atoms with van der Waals surface area (Å²) < 4.78 is 0. The van der Waals surface area contributed by atoms with Crippen molar-refractivity contribution in [3.05, 3.63) is 12.2 Å². The van der Waals surface area contributed by atoms with E-state index in [2.05, 4.69) is 23.2 Å². The van der Waals surface area contributed by atoms with Gasteiger partial charge in [0.25, 0.3) is 0 Å². The molecule has 18 heavy (non-hydrogen) atoms.